The van der Waals surface area contributed by atoms with E-state index in [1.165, 1.54) is 23.8 Å². The molecule has 3 aromatic rings. The van der Waals surface area contributed by atoms with Gasteiger partial charge in [0.25, 0.3) is 0 Å². The van der Waals surface area contributed by atoms with Gasteiger partial charge in [-0.3, -0.25) is 4.79 Å². The topological polar surface area (TPSA) is 65.5 Å². The zero-order valence-corrected chi connectivity index (χ0v) is 16.6. The second-order valence-corrected chi connectivity index (χ2v) is 7.08. The van der Waals surface area contributed by atoms with Crippen LogP contribution in [0.5, 0.6) is 5.75 Å². The molecule has 3 rings (SSSR count). The molecule has 0 atom stereocenters. The second kappa shape index (κ2) is 9.28. The molecule has 28 heavy (non-hydrogen) atoms. The second-order valence-electron chi connectivity index (χ2n) is 6.22. The number of esters is 1. The molecule has 144 valence electrons. The van der Waals surface area contributed by atoms with E-state index in [4.69, 9.17) is 9.47 Å². The molecular weight excluding hydrogens is 374 g/mol. The number of aryl methyl sites for hydroxylation is 1. The average Bonchev–Trinajstić information content (AvgIpc) is 3.20. The molecule has 0 N–H and O–H groups in total. The molecule has 0 fully saturated rings. The van der Waals surface area contributed by atoms with Gasteiger partial charge in [-0.15, -0.1) is 11.3 Å². The van der Waals surface area contributed by atoms with Gasteiger partial charge in [-0.05, 0) is 43.2 Å². The van der Waals surface area contributed by atoms with Crippen LogP contribution < -0.4 is 4.74 Å². The molecular formula is C22H21NO4S. The first-order chi connectivity index (χ1) is 13.5. The van der Waals surface area contributed by atoms with Gasteiger partial charge in [0, 0.05) is 16.5 Å². The van der Waals surface area contributed by atoms with E-state index in [1.54, 1.807) is 24.3 Å². The minimum atomic E-state index is -0.475. The molecule has 2 aromatic carbocycles. The molecule has 5 nitrogen and oxygen atoms in total. The van der Waals surface area contributed by atoms with Crippen molar-refractivity contribution in [1.29, 1.82) is 0 Å². The van der Waals surface area contributed by atoms with Gasteiger partial charge >= 0.3 is 5.97 Å². The van der Waals surface area contributed by atoms with Crippen molar-refractivity contribution in [3.8, 4) is 16.3 Å². The summed E-state index contributed by atoms with van der Waals surface area (Å²) >= 11 is 1.52. The van der Waals surface area contributed by atoms with Gasteiger partial charge in [0.2, 0.25) is 0 Å². The number of ether oxygens (including phenoxy) is 2. The molecule has 1 aromatic heterocycles. The van der Waals surface area contributed by atoms with E-state index in [9.17, 15) is 9.59 Å². The van der Waals surface area contributed by atoms with Crippen molar-refractivity contribution in [3.63, 3.8) is 0 Å². The summed E-state index contributed by atoms with van der Waals surface area (Å²) in [5.41, 5.74) is 3.64. The van der Waals surface area contributed by atoms with E-state index in [1.807, 2.05) is 5.38 Å². The third kappa shape index (κ3) is 5.27. The molecule has 0 aliphatic heterocycles. The molecule has 0 unspecified atom stereocenters. The predicted octanol–water partition coefficient (Wildman–Crippen LogP) is 4.70. The predicted molar refractivity (Wildman–Crippen MR) is 109 cm³/mol. The lowest BCUT2D eigenvalue weighted by atomic mass is 10.1. The monoisotopic (exact) mass is 395 g/mol. The van der Waals surface area contributed by atoms with Crippen molar-refractivity contribution in [3.05, 3.63) is 70.7 Å². The number of carbonyl (C=O) groups excluding carboxylic acids is 2. The maximum absolute atomic E-state index is 11.9. The van der Waals surface area contributed by atoms with Crippen molar-refractivity contribution in [1.82, 2.24) is 4.98 Å². The van der Waals surface area contributed by atoms with Gasteiger partial charge in [0.1, 0.15) is 17.4 Å². The molecule has 6 heteroatoms. The van der Waals surface area contributed by atoms with Crippen LogP contribution in [0.15, 0.2) is 53.9 Å². The fourth-order valence-corrected chi connectivity index (χ4v) is 3.32. The van der Waals surface area contributed by atoms with Crippen LogP contribution >= 0.6 is 11.3 Å². The zero-order chi connectivity index (χ0) is 19.9. The highest BCUT2D eigenvalue weighted by atomic mass is 32.1. The first kappa shape index (κ1) is 19.8. The van der Waals surface area contributed by atoms with Crippen LogP contribution in [-0.4, -0.2) is 23.3 Å². The Balaban J connectivity index is 1.48. The standard InChI is InChI=1S/C22H21NO4S/c1-3-16-4-6-18(7-5-16)22-23-19(14-28-22)12-27-21(25)13-26-20-10-8-17(9-11-20)15(2)24/h4-11,14H,3,12-13H2,1-2H3. The van der Waals surface area contributed by atoms with Gasteiger partial charge in [0.15, 0.2) is 12.4 Å². The van der Waals surface area contributed by atoms with Gasteiger partial charge in [-0.1, -0.05) is 31.2 Å². The summed E-state index contributed by atoms with van der Waals surface area (Å²) < 4.78 is 10.6. The summed E-state index contributed by atoms with van der Waals surface area (Å²) in [6.07, 6.45) is 1.00. The minimum absolute atomic E-state index is 0.0186. The molecule has 0 saturated carbocycles. The molecule has 0 spiro atoms. The Bertz CT molecular complexity index is 945. The summed E-state index contributed by atoms with van der Waals surface area (Å²) in [5, 5.41) is 2.79. The number of aromatic nitrogens is 1. The van der Waals surface area contributed by atoms with Gasteiger partial charge in [0.05, 0.1) is 5.69 Å². The van der Waals surface area contributed by atoms with Crippen molar-refractivity contribution in [2.75, 3.05) is 6.61 Å². The smallest absolute Gasteiger partial charge is 0.344 e. The highest BCUT2D eigenvalue weighted by Crippen LogP contribution is 2.24. The van der Waals surface area contributed by atoms with Crippen molar-refractivity contribution < 1.29 is 19.1 Å². The number of Topliss-reactive ketones (excluding diaryl/α,β-unsaturated/α-hetero) is 1. The van der Waals surface area contributed by atoms with Crippen LogP contribution in [0.25, 0.3) is 10.6 Å². The zero-order valence-electron chi connectivity index (χ0n) is 15.8. The van der Waals surface area contributed by atoms with Crippen LogP contribution in [0.4, 0.5) is 0 Å². The Kier molecular flexibility index (Phi) is 6.55. The first-order valence-corrected chi connectivity index (χ1v) is 9.86. The lowest BCUT2D eigenvalue weighted by molar-refractivity contribution is -0.147. The third-order valence-corrected chi connectivity index (χ3v) is 5.10. The normalized spacial score (nSPS) is 10.5. The number of hydrogen-bond donors (Lipinski definition) is 0. The maximum Gasteiger partial charge on any atom is 0.344 e. The number of benzene rings is 2. The van der Waals surface area contributed by atoms with Crippen molar-refractivity contribution >= 4 is 23.1 Å². The molecule has 1 heterocycles. The van der Waals surface area contributed by atoms with Gasteiger partial charge in [-0.2, -0.15) is 0 Å². The molecule has 0 bridgehead atoms. The quantitative estimate of drug-likeness (QED) is 0.409. The largest absolute Gasteiger partial charge is 0.482 e. The summed E-state index contributed by atoms with van der Waals surface area (Å²) in [5.74, 6) is 0.0146. The Labute approximate surface area is 168 Å². The van der Waals surface area contributed by atoms with Crippen LogP contribution in [0.2, 0.25) is 0 Å². The van der Waals surface area contributed by atoms with E-state index in [0.717, 1.165) is 17.0 Å². The maximum atomic E-state index is 11.9. The highest BCUT2D eigenvalue weighted by Gasteiger charge is 2.09. The SMILES string of the molecule is CCc1ccc(-c2nc(COC(=O)COc3ccc(C(C)=O)cc3)cs2)cc1. The summed E-state index contributed by atoms with van der Waals surface area (Å²) in [7, 11) is 0. The van der Waals surface area contributed by atoms with Crippen LogP contribution in [0.3, 0.4) is 0 Å². The van der Waals surface area contributed by atoms with Crippen LogP contribution in [0.1, 0.15) is 35.5 Å². The average molecular weight is 395 g/mol. The van der Waals surface area contributed by atoms with E-state index in [2.05, 4.69) is 36.2 Å². The van der Waals surface area contributed by atoms with Crippen LogP contribution in [0, 0.1) is 0 Å². The number of nitrogens with zero attached hydrogens (tertiary/aromatic N) is 1. The van der Waals surface area contributed by atoms with Crippen LogP contribution in [-0.2, 0) is 22.6 Å². The van der Waals surface area contributed by atoms with E-state index >= 15 is 0 Å². The first-order valence-electron chi connectivity index (χ1n) is 8.98. The highest BCUT2D eigenvalue weighted by molar-refractivity contribution is 7.13. The van der Waals surface area contributed by atoms with Gasteiger partial charge in [-0.25, -0.2) is 9.78 Å². The van der Waals surface area contributed by atoms with E-state index in [-0.39, 0.29) is 19.0 Å². The summed E-state index contributed by atoms with van der Waals surface area (Å²) in [4.78, 5) is 27.7. The molecule has 0 saturated heterocycles. The number of rotatable bonds is 8. The number of thiazole rings is 1. The minimum Gasteiger partial charge on any atom is -0.482 e. The number of ketones is 1. The Hall–Kier alpha value is -2.99. The lowest BCUT2D eigenvalue weighted by Gasteiger charge is -2.06. The third-order valence-electron chi connectivity index (χ3n) is 4.16. The Morgan fingerprint density at radius 3 is 2.39 bits per heavy atom. The fraction of sp³-hybridized carbons (Fsp3) is 0.227. The van der Waals surface area contributed by atoms with Crippen molar-refractivity contribution in [2.45, 2.75) is 26.9 Å². The molecule has 0 aliphatic carbocycles. The summed E-state index contributed by atoms with van der Waals surface area (Å²) in [6, 6.07) is 14.9. The van der Waals surface area contributed by atoms with Gasteiger partial charge < -0.3 is 9.47 Å². The Morgan fingerprint density at radius 2 is 1.75 bits per heavy atom. The molecule has 0 aliphatic rings. The van der Waals surface area contributed by atoms with E-state index in [0.29, 0.717) is 17.0 Å². The lowest BCUT2D eigenvalue weighted by Crippen LogP contribution is -2.14. The summed E-state index contributed by atoms with van der Waals surface area (Å²) in [6.45, 7) is 3.52. The van der Waals surface area contributed by atoms with Crippen molar-refractivity contribution in [2.24, 2.45) is 0 Å². The number of hydrogen-bond acceptors (Lipinski definition) is 6. The fourth-order valence-electron chi connectivity index (χ4n) is 2.51. The van der Waals surface area contributed by atoms with E-state index < -0.39 is 5.97 Å². The molecule has 0 radical (unpaired) electrons. The number of carbonyl (C=O) groups is 2. The Morgan fingerprint density at radius 1 is 1.04 bits per heavy atom. The molecule has 0 amide bonds.